The van der Waals surface area contributed by atoms with E-state index < -0.39 is 0 Å². The number of aliphatic hydroxyl groups is 1. The summed E-state index contributed by atoms with van der Waals surface area (Å²) in [5, 5.41) is 8.83. The predicted molar refractivity (Wildman–Crippen MR) is 48.7 cm³/mol. The molecule has 0 amide bonds. The number of hydrogen-bond donors (Lipinski definition) is 1. The lowest BCUT2D eigenvalue weighted by atomic mass is 9.87. The van der Waals surface area contributed by atoms with Crippen LogP contribution in [0, 0.1) is 17.9 Å². The van der Waals surface area contributed by atoms with Gasteiger partial charge in [0.15, 0.2) is 0 Å². The molecule has 0 aromatic rings. The Labute approximate surface area is 70.8 Å². The molecule has 0 bridgehead atoms. The summed E-state index contributed by atoms with van der Waals surface area (Å²) in [7, 11) is 0. The molecule has 1 N–H and O–H groups in total. The first-order valence-corrected chi connectivity index (χ1v) is 4.46. The van der Waals surface area contributed by atoms with Crippen molar-refractivity contribution in [2.24, 2.45) is 11.3 Å². The molecule has 0 saturated heterocycles. The monoisotopic (exact) mass is 157 g/mol. The molecule has 0 fully saturated rings. The molecule has 0 aliphatic heterocycles. The van der Waals surface area contributed by atoms with Crippen LogP contribution in [0.3, 0.4) is 0 Å². The Bertz CT molecular complexity index is 95.0. The summed E-state index contributed by atoms with van der Waals surface area (Å²) in [6.07, 6.45) is 3.56. The molecular formula is C10H21O. The van der Waals surface area contributed by atoms with Gasteiger partial charge >= 0.3 is 0 Å². The van der Waals surface area contributed by atoms with E-state index in [0.717, 1.165) is 12.3 Å². The Morgan fingerprint density at radius 2 is 1.91 bits per heavy atom. The van der Waals surface area contributed by atoms with Gasteiger partial charge in [0.1, 0.15) is 0 Å². The summed E-state index contributed by atoms with van der Waals surface area (Å²) in [5.74, 6) is 0.782. The van der Waals surface area contributed by atoms with Gasteiger partial charge in [-0.05, 0) is 17.8 Å². The summed E-state index contributed by atoms with van der Waals surface area (Å²) < 4.78 is 0. The highest BCUT2D eigenvalue weighted by atomic mass is 16.3. The van der Waals surface area contributed by atoms with Crippen LogP contribution in [0.5, 0.6) is 0 Å². The average Bonchev–Trinajstić information content (AvgIpc) is 1.87. The van der Waals surface area contributed by atoms with Crippen molar-refractivity contribution in [3.05, 3.63) is 6.61 Å². The van der Waals surface area contributed by atoms with Crippen LogP contribution in [0.15, 0.2) is 0 Å². The van der Waals surface area contributed by atoms with Gasteiger partial charge in [0.25, 0.3) is 0 Å². The number of hydrogen-bond acceptors (Lipinski definition) is 1. The Kier molecular flexibility index (Phi) is 4.74. The quantitative estimate of drug-likeness (QED) is 0.648. The van der Waals surface area contributed by atoms with Crippen molar-refractivity contribution in [1.29, 1.82) is 0 Å². The molecule has 0 spiro atoms. The van der Waals surface area contributed by atoms with E-state index in [1.165, 1.54) is 19.4 Å². The molecule has 0 rings (SSSR count). The fourth-order valence-electron chi connectivity index (χ4n) is 1.03. The smallest absolute Gasteiger partial charge is 0.0855 e. The molecule has 0 aliphatic carbocycles. The van der Waals surface area contributed by atoms with Crippen LogP contribution in [0.2, 0.25) is 0 Å². The fraction of sp³-hybridized carbons (Fsp3) is 0.900. The Hall–Kier alpha value is -0.0400. The van der Waals surface area contributed by atoms with Gasteiger partial charge in [-0.1, -0.05) is 40.5 Å². The maximum absolute atomic E-state index is 8.83. The first-order valence-electron chi connectivity index (χ1n) is 4.46. The molecule has 1 heteroatoms. The normalized spacial score (nSPS) is 12.5. The summed E-state index contributed by atoms with van der Waals surface area (Å²) in [6, 6.07) is 0. The number of aliphatic hydroxyl groups excluding tert-OH is 1. The molecule has 11 heavy (non-hydrogen) atoms. The van der Waals surface area contributed by atoms with Gasteiger partial charge < -0.3 is 5.11 Å². The maximum atomic E-state index is 8.83. The minimum Gasteiger partial charge on any atom is -0.390 e. The van der Waals surface area contributed by atoms with E-state index >= 15 is 0 Å². The summed E-state index contributed by atoms with van der Waals surface area (Å²) in [6.45, 7) is 9.90. The van der Waals surface area contributed by atoms with Crippen molar-refractivity contribution in [3.63, 3.8) is 0 Å². The maximum Gasteiger partial charge on any atom is 0.0855 e. The zero-order valence-electron chi connectivity index (χ0n) is 8.22. The molecule has 0 aromatic heterocycles. The zero-order chi connectivity index (χ0) is 8.91. The van der Waals surface area contributed by atoms with Crippen LogP contribution in [0.4, 0.5) is 0 Å². The van der Waals surface area contributed by atoms with Crippen LogP contribution in [-0.4, -0.2) is 5.11 Å². The van der Waals surface area contributed by atoms with Crippen molar-refractivity contribution in [2.75, 3.05) is 0 Å². The standard InChI is InChI=1S/C10H21O/c1-9(2)6-5-7-10(3,4)8-11/h8-9,11H,5-7H2,1-4H3. The SMILES string of the molecule is CC(C)CCCC(C)(C)[CH]O. The molecule has 0 aliphatic rings. The second-order valence-corrected chi connectivity index (χ2v) is 4.40. The first kappa shape index (κ1) is 11.0. The highest BCUT2D eigenvalue weighted by Crippen LogP contribution is 2.25. The molecular weight excluding hydrogens is 136 g/mol. The van der Waals surface area contributed by atoms with Crippen molar-refractivity contribution < 1.29 is 5.11 Å². The van der Waals surface area contributed by atoms with Gasteiger partial charge in [0.05, 0.1) is 6.61 Å². The Balaban J connectivity index is 3.38. The van der Waals surface area contributed by atoms with Crippen molar-refractivity contribution in [3.8, 4) is 0 Å². The molecule has 0 saturated carbocycles. The predicted octanol–water partition coefficient (Wildman–Crippen LogP) is 3.37. The van der Waals surface area contributed by atoms with Gasteiger partial charge in [-0.2, -0.15) is 0 Å². The lowest BCUT2D eigenvalue weighted by Gasteiger charge is -2.20. The van der Waals surface area contributed by atoms with Gasteiger partial charge in [0, 0.05) is 0 Å². The molecule has 67 valence electrons. The van der Waals surface area contributed by atoms with Crippen molar-refractivity contribution >= 4 is 0 Å². The zero-order valence-corrected chi connectivity index (χ0v) is 8.22. The molecule has 0 atom stereocenters. The summed E-state index contributed by atoms with van der Waals surface area (Å²) in [4.78, 5) is 0. The third kappa shape index (κ3) is 6.36. The molecule has 0 heterocycles. The lowest BCUT2D eigenvalue weighted by Crippen LogP contribution is -2.11. The van der Waals surface area contributed by atoms with Crippen LogP contribution < -0.4 is 0 Å². The molecule has 0 aromatic carbocycles. The van der Waals surface area contributed by atoms with Crippen LogP contribution >= 0.6 is 0 Å². The van der Waals surface area contributed by atoms with E-state index in [4.69, 9.17) is 5.11 Å². The van der Waals surface area contributed by atoms with E-state index in [1.54, 1.807) is 0 Å². The molecule has 1 radical (unpaired) electrons. The van der Waals surface area contributed by atoms with Gasteiger partial charge in [0.2, 0.25) is 0 Å². The molecule has 1 nitrogen and oxygen atoms in total. The highest BCUT2D eigenvalue weighted by molar-refractivity contribution is 4.75. The minimum atomic E-state index is 0.00882. The molecule has 0 unspecified atom stereocenters. The Morgan fingerprint density at radius 1 is 1.36 bits per heavy atom. The van der Waals surface area contributed by atoms with Gasteiger partial charge in [-0.15, -0.1) is 0 Å². The lowest BCUT2D eigenvalue weighted by molar-refractivity contribution is 0.222. The summed E-state index contributed by atoms with van der Waals surface area (Å²) >= 11 is 0. The third-order valence-electron chi connectivity index (χ3n) is 1.95. The topological polar surface area (TPSA) is 20.2 Å². The fourth-order valence-corrected chi connectivity index (χ4v) is 1.03. The van der Waals surface area contributed by atoms with E-state index in [9.17, 15) is 0 Å². The highest BCUT2D eigenvalue weighted by Gasteiger charge is 2.16. The number of rotatable bonds is 5. The van der Waals surface area contributed by atoms with Gasteiger partial charge in [-0.25, -0.2) is 0 Å². The second-order valence-electron chi connectivity index (χ2n) is 4.40. The van der Waals surface area contributed by atoms with E-state index in [1.807, 2.05) is 0 Å². The second kappa shape index (κ2) is 4.76. The van der Waals surface area contributed by atoms with Crippen LogP contribution in [-0.2, 0) is 0 Å². The van der Waals surface area contributed by atoms with E-state index in [0.29, 0.717) is 0 Å². The van der Waals surface area contributed by atoms with E-state index in [2.05, 4.69) is 27.7 Å². The van der Waals surface area contributed by atoms with E-state index in [-0.39, 0.29) is 5.41 Å². The first-order chi connectivity index (χ1) is 4.98. The van der Waals surface area contributed by atoms with Crippen LogP contribution in [0.1, 0.15) is 47.0 Å². The van der Waals surface area contributed by atoms with Crippen LogP contribution in [0.25, 0.3) is 0 Å². The minimum absolute atomic E-state index is 0.00882. The average molecular weight is 157 g/mol. The van der Waals surface area contributed by atoms with Crippen molar-refractivity contribution in [2.45, 2.75) is 47.0 Å². The Morgan fingerprint density at radius 3 is 2.27 bits per heavy atom. The summed E-state index contributed by atoms with van der Waals surface area (Å²) in [5.41, 5.74) is 0.00882. The van der Waals surface area contributed by atoms with Gasteiger partial charge in [-0.3, -0.25) is 0 Å². The third-order valence-corrected chi connectivity index (χ3v) is 1.95. The largest absolute Gasteiger partial charge is 0.390 e. The van der Waals surface area contributed by atoms with Crippen molar-refractivity contribution in [1.82, 2.24) is 0 Å².